The molecular weight excluding hydrogens is 254 g/mol. The maximum absolute atomic E-state index is 11.7. The molecule has 0 unspecified atom stereocenters. The van der Waals surface area contributed by atoms with Gasteiger partial charge in [0.05, 0.1) is 24.7 Å². The minimum absolute atomic E-state index is 0.0277. The van der Waals surface area contributed by atoms with Crippen LogP contribution in [0.15, 0.2) is 18.2 Å². The van der Waals surface area contributed by atoms with Crippen LogP contribution < -0.4 is 5.32 Å². The lowest BCUT2D eigenvalue weighted by Gasteiger charge is -2.38. The Morgan fingerprint density at radius 2 is 2.28 bits per heavy atom. The first-order chi connectivity index (χ1) is 8.48. The van der Waals surface area contributed by atoms with E-state index in [4.69, 9.17) is 16.3 Å². The molecule has 1 amide bonds. The predicted octanol–water partition coefficient (Wildman–Crippen LogP) is 1.74. The largest absolute Gasteiger partial charge is 0.506 e. The monoisotopic (exact) mass is 269 g/mol. The van der Waals surface area contributed by atoms with Crippen LogP contribution in [0.3, 0.4) is 0 Å². The SMILES string of the molecule is CC1(CNC(=O)Cc2ccc(O)c(Cl)c2)COC1. The third-order valence-electron chi connectivity index (χ3n) is 2.99. The van der Waals surface area contributed by atoms with Gasteiger partial charge in [0, 0.05) is 12.0 Å². The number of nitrogens with one attached hydrogen (secondary N) is 1. The maximum Gasteiger partial charge on any atom is 0.224 e. The Bertz CT molecular complexity index is 458. The van der Waals surface area contributed by atoms with Crippen molar-refractivity contribution in [3.8, 4) is 5.75 Å². The summed E-state index contributed by atoms with van der Waals surface area (Å²) in [5, 5.41) is 12.4. The average Bonchev–Trinajstić information content (AvgIpc) is 2.29. The highest BCUT2D eigenvalue weighted by Crippen LogP contribution is 2.25. The van der Waals surface area contributed by atoms with E-state index in [1.165, 1.54) is 6.07 Å². The van der Waals surface area contributed by atoms with E-state index in [0.717, 1.165) is 5.56 Å². The summed E-state index contributed by atoms with van der Waals surface area (Å²) >= 11 is 5.78. The van der Waals surface area contributed by atoms with E-state index < -0.39 is 0 Å². The molecule has 0 saturated carbocycles. The number of halogens is 1. The molecule has 1 saturated heterocycles. The molecule has 0 bridgehead atoms. The lowest BCUT2D eigenvalue weighted by molar-refractivity contribution is -0.126. The Hall–Kier alpha value is -1.26. The van der Waals surface area contributed by atoms with E-state index in [-0.39, 0.29) is 28.5 Å². The number of hydrogen-bond donors (Lipinski definition) is 2. The van der Waals surface area contributed by atoms with E-state index in [1.807, 2.05) is 0 Å². The van der Waals surface area contributed by atoms with Crippen LogP contribution in [0.4, 0.5) is 0 Å². The van der Waals surface area contributed by atoms with Gasteiger partial charge in [-0.05, 0) is 17.7 Å². The first-order valence-electron chi connectivity index (χ1n) is 5.80. The molecule has 5 heteroatoms. The number of hydrogen-bond acceptors (Lipinski definition) is 3. The predicted molar refractivity (Wildman–Crippen MR) is 68.8 cm³/mol. The topological polar surface area (TPSA) is 58.6 Å². The van der Waals surface area contributed by atoms with Gasteiger partial charge in [-0.25, -0.2) is 0 Å². The Morgan fingerprint density at radius 1 is 1.56 bits per heavy atom. The summed E-state index contributed by atoms with van der Waals surface area (Å²) in [6, 6.07) is 4.78. The highest BCUT2D eigenvalue weighted by Gasteiger charge is 2.33. The molecule has 2 rings (SSSR count). The first-order valence-corrected chi connectivity index (χ1v) is 6.18. The third-order valence-corrected chi connectivity index (χ3v) is 3.29. The van der Waals surface area contributed by atoms with Crippen molar-refractivity contribution in [2.75, 3.05) is 19.8 Å². The van der Waals surface area contributed by atoms with Gasteiger partial charge in [-0.15, -0.1) is 0 Å². The summed E-state index contributed by atoms with van der Waals surface area (Å²) in [6.45, 7) is 4.09. The molecule has 1 fully saturated rings. The summed E-state index contributed by atoms with van der Waals surface area (Å²) in [5.74, 6) is -0.0233. The van der Waals surface area contributed by atoms with Gasteiger partial charge in [0.15, 0.2) is 0 Å². The van der Waals surface area contributed by atoms with Crippen LogP contribution in [0.25, 0.3) is 0 Å². The Balaban J connectivity index is 1.85. The molecule has 1 aliphatic heterocycles. The number of rotatable bonds is 4. The van der Waals surface area contributed by atoms with Crippen LogP contribution in [-0.2, 0) is 16.0 Å². The molecule has 1 heterocycles. The molecule has 0 radical (unpaired) electrons. The second-order valence-corrected chi connectivity index (χ2v) is 5.45. The Morgan fingerprint density at radius 3 is 2.83 bits per heavy atom. The van der Waals surface area contributed by atoms with Crippen LogP contribution in [0.5, 0.6) is 5.75 Å². The van der Waals surface area contributed by atoms with Crippen molar-refractivity contribution in [2.24, 2.45) is 5.41 Å². The molecule has 0 spiro atoms. The van der Waals surface area contributed by atoms with Gasteiger partial charge in [-0.2, -0.15) is 0 Å². The second kappa shape index (κ2) is 5.16. The van der Waals surface area contributed by atoms with Crippen LogP contribution in [0.2, 0.25) is 5.02 Å². The molecule has 0 atom stereocenters. The normalized spacial score (nSPS) is 17.0. The van der Waals surface area contributed by atoms with Crippen molar-refractivity contribution in [2.45, 2.75) is 13.3 Å². The molecule has 0 aliphatic carbocycles. The van der Waals surface area contributed by atoms with Crippen molar-refractivity contribution >= 4 is 17.5 Å². The van der Waals surface area contributed by atoms with Crippen molar-refractivity contribution in [1.29, 1.82) is 0 Å². The standard InChI is InChI=1S/C13H16ClNO3/c1-13(7-18-8-13)6-15-12(17)5-9-2-3-11(16)10(14)4-9/h2-4,16H,5-8H2,1H3,(H,15,17). The van der Waals surface area contributed by atoms with Gasteiger partial charge in [-0.1, -0.05) is 24.6 Å². The van der Waals surface area contributed by atoms with Crippen molar-refractivity contribution < 1.29 is 14.6 Å². The Kier molecular flexibility index (Phi) is 3.78. The van der Waals surface area contributed by atoms with E-state index in [2.05, 4.69) is 12.2 Å². The van der Waals surface area contributed by atoms with E-state index in [1.54, 1.807) is 12.1 Å². The van der Waals surface area contributed by atoms with Crippen LogP contribution in [0.1, 0.15) is 12.5 Å². The van der Waals surface area contributed by atoms with E-state index >= 15 is 0 Å². The summed E-state index contributed by atoms with van der Waals surface area (Å²) < 4.78 is 5.12. The zero-order valence-corrected chi connectivity index (χ0v) is 11.0. The van der Waals surface area contributed by atoms with Crippen LogP contribution >= 0.6 is 11.6 Å². The zero-order valence-electron chi connectivity index (χ0n) is 10.2. The lowest BCUT2D eigenvalue weighted by Crippen LogP contribution is -2.48. The van der Waals surface area contributed by atoms with Gasteiger partial charge in [0.25, 0.3) is 0 Å². The molecule has 98 valence electrons. The quantitative estimate of drug-likeness (QED) is 0.875. The van der Waals surface area contributed by atoms with Gasteiger partial charge in [0.2, 0.25) is 5.91 Å². The fraction of sp³-hybridized carbons (Fsp3) is 0.462. The summed E-state index contributed by atoms with van der Waals surface area (Å²) in [4.78, 5) is 11.7. The highest BCUT2D eigenvalue weighted by atomic mass is 35.5. The Labute approximate surface area is 111 Å². The average molecular weight is 270 g/mol. The maximum atomic E-state index is 11.7. The fourth-order valence-electron chi connectivity index (χ4n) is 1.77. The molecule has 1 aromatic carbocycles. The second-order valence-electron chi connectivity index (χ2n) is 5.04. The number of aromatic hydroxyl groups is 1. The number of carbonyl (C=O) groups excluding carboxylic acids is 1. The van der Waals surface area contributed by atoms with E-state index in [0.29, 0.717) is 19.8 Å². The minimum Gasteiger partial charge on any atom is -0.506 e. The molecular formula is C13H16ClNO3. The molecule has 1 aromatic rings. The number of phenols is 1. The lowest BCUT2D eigenvalue weighted by atomic mass is 9.89. The molecule has 18 heavy (non-hydrogen) atoms. The minimum atomic E-state index is -0.0510. The first kappa shape index (κ1) is 13.2. The fourth-order valence-corrected chi connectivity index (χ4v) is 1.98. The highest BCUT2D eigenvalue weighted by molar-refractivity contribution is 6.32. The molecule has 0 aromatic heterocycles. The smallest absolute Gasteiger partial charge is 0.224 e. The van der Waals surface area contributed by atoms with Gasteiger partial charge in [0.1, 0.15) is 5.75 Å². The van der Waals surface area contributed by atoms with E-state index in [9.17, 15) is 9.90 Å². The summed E-state index contributed by atoms with van der Waals surface area (Å²) in [5.41, 5.74) is 0.854. The number of benzene rings is 1. The molecule has 1 aliphatic rings. The molecule has 2 N–H and O–H groups in total. The summed E-state index contributed by atoms with van der Waals surface area (Å²) in [6.07, 6.45) is 0.261. The van der Waals surface area contributed by atoms with Gasteiger partial charge >= 0.3 is 0 Å². The summed E-state index contributed by atoms with van der Waals surface area (Å²) in [7, 11) is 0. The van der Waals surface area contributed by atoms with Gasteiger partial charge < -0.3 is 15.2 Å². The zero-order chi connectivity index (χ0) is 13.2. The number of ether oxygens (including phenoxy) is 1. The van der Waals surface area contributed by atoms with Crippen molar-refractivity contribution in [3.63, 3.8) is 0 Å². The third kappa shape index (κ3) is 3.15. The number of amides is 1. The number of carbonyl (C=O) groups is 1. The van der Waals surface area contributed by atoms with Crippen molar-refractivity contribution in [1.82, 2.24) is 5.32 Å². The molecule has 4 nitrogen and oxygen atoms in total. The van der Waals surface area contributed by atoms with Gasteiger partial charge in [-0.3, -0.25) is 4.79 Å². The number of phenolic OH excluding ortho intramolecular Hbond substituents is 1. The van der Waals surface area contributed by atoms with Crippen molar-refractivity contribution in [3.05, 3.63) is 28.8 Å². The van der Waals surface area contributed by atoms with Crippen LogP contribution in [0, 0.1) is 5.41 Å². The van der Waals surface area contributed by atoms with Crippen LogP contribution in [-0.4, -0.2) is 30.8 Å².